The lowest BCUT2D eigenvalue weighted by atomic mass is 9.93. The number of methoxy groups -OCH3 is 1. The SMILES string of the molecule is COc1ccnc(NCC2CCCCN2c2ccc(=O)n(C3CCCCC3O)n2)n1. The van der Waals surface area contributed by atoms with E-state index in [0.717, 1.165) is 57.3 Å². The predicted molar refractivity (Wildman–Crippen MR) is 114 cm³/mol. The van der Waals surface area contributed by atoms with Crippen molar-refractivity contribution in [3.05, 3.63) is 34.7 Å². The lowest BCUT2D eigenvalue weighted by molar-refractivity contribution is 0.0669. The van der Waals surface area contributed by atoms with Crippen LogP contribution in [0, 0.1) is 0 Å². The summed E-state index contributed by atoms with van der Waals surface area (Å²) in [6.07, 6.45) is 7.92. The molecular formula is C21H30N6O3. The van der Waals surface area contributed by atoms with Crippen molar-refractivity contribution in [1.29, 1.82) is 0 Å². The highest BCUT2D eigenvalue weighted by atomic mass is 16.5. The van der Waals surface area contributed by atoms with E-state index in [1.54, 1.807) is 31.5 Å². The van der Waals surface area contributed by atoms with E-state index in [0.29, 0.717) is 18.4 Å². The Morgan fingerprint density at radius 1 is 1.17 bits per heavy atom. The van der Waals surface area contributed by atoms with Crippen LogP contribution < -0.4 is 20.5 Å². The van der Waals surface area contributed by atoms with Gasteiger partial charge in [-0.05, 0) is 38.2 Å². The lowest BCUT2D eigenvalue weighted by Crippen LogP contribution is -2.45. The average molecular weight is 415 g/mol. The summed E-state index contributed by atoms with van der Waals surface area (Å²) in [7, 11) is 1.58. The van der Waals surface area contributed by atoms with Crippen LogP contribution in [0.3, 0.4) is 0 Å². The Morgan fingerprint density at radius 2 is 2.00 bits per heavy atom. The summed E-state index contributed by atoms with van der Waals surface area (Å²) in [6.45, 7) is 1.55. The minimum absolute atomic E-state index is 0.152. The van der Waals surface area contributed by atoms with Gasteiger partial charge >= 0.3 is 0 Å². The van der Waals surface area contributed by atoms with Gasteiger partial charge in [0.05, 0.1) is 19.3 Å². The Morgan fingerprint density at radius 3 is 2.83 bits per heavy atom. The second kappa shape index (κ2) is 9.42. The van der Waals surface area contributed by atoms with Gasteiger partial charge in [-0.25, -0.2) is 9.67 Å². The van der Waals surface area contributed by atoms with E-state index >= 15 is 0 Å². The summed E-state index contributed by atoms with van der Waals surface area (Å²) in [5.74, 6) is 1.83. The second-order valence-corrected chi connectivity index (χ2v) is 8.04. The molecule has 0 aromatic carbocycles. The van der Waals surface area contributed by atoms with Crippen molar-refractivity contribution in [3.8, 4) is 5.88 Å². The van der Waals surface area contributed by atoms with E-state index in [4.69, 9.17) is 9.84 Å². The maximum Gasteiger partial charge on any atom is 0.267 e. The molecule has 3 heterocycles. The van der Waals surface area contributed by atoms with Crippen molar-refractivity contribution in [3.63, 3.8) is 0 Å². The highest BCUT2D eigenvalue weighted by molar-refractivity contribution is 5.40. The molecule has 2 N–H and O–H groups in total. The molecule has 2 aromatic rings. The fraction of sp³-hybridized carbons (Fsp3) is 0.619. The number of aliphatic hydroxyl groups is 1. The normalized spacial score (nSPS) is 24.5. The van der Waals surface area contributed by atoms with E-state index in [1.807, 2.05) is 0 Å². The number of nitrogens with zero attached hydrogens (tertiary/aromatic N) is 5. The first kappa shape index (κ1) is 20.6. The van der Waals surface area contributed by atoms with Crippen LogP contribution in [0.4, 0.5) is 11.8 Å². The molecule has 0 amide bonds. The highest BCUT2D eigenvalue weighted by Crippen LogP contribution is 2.28. The monoisotopic (exact) mass is 414 g/mol. The Kier molecular flexibility index (Phi) is 6.47. The number of ether oxygens (including phenoxy) is 1. The number of rotatable bonds is 6. The minimum atomic E-state index is -0.511. The Bertz CT molecular complexity index is 904. The third-order valence-electron chi connectivity index (χ3n) is 6.08. The first-order chi connectivity index (χ1) is 14.7. The van der Waals surface area contributed by atoms with Gasteiger partial charge in [0.25, 0.3) is 5.56 Å². The summed E-state index contributed by atoms with van der Waals surface area (Å²) >= 11 is 0. The summed E-state index contributed by atoms with van der Waals surface area (Å²) in [6, 6.07) is 5.06. The summed E-state index contributed by atoms with van der Waals surface area (Å²) in [5.41, 5.74) is -0.152. The fourth-order valence-electron chi connectivity index (χ4n) is 4.45. The second-order valence-electron chi connectivity index (χ2n) is 8.04. The molecule has 4 rings (SSSR count). The third kappa shape index (κ3) is 4.56. The molecule has 2 aliphatic rings. The van der Waals surface area contributed by atoms with Crippen molar-refractivity contribution >= 4 is 11.8 Å². The van der Waals surface area contributed by atoms with E-state index in [-0.39, 0.29) is 17.6 Å². The molecule has 1 saturated heterocycles. The number of aromatic nitrogens is 4. The number of aliphatic hydroxyl groups excluding tert-OH is 1. The quantitative estimate of drug-likeness (QED) is 0.739. The summed E-state index contributed by atoms with van der Waals surface area (Å²) in [4.78, 5) is 23.3. The van der Waals surface area contributed by atoms with Gasteiger partial charge in [-0.3, -0.25) is 4.79 Å². The number of anilines is 2. The van der Waals surface area contributed by atoms with Crippen LogP contribution in [0.25, 0.3) is 0 Å². The third-order valence-corrected chi connectivity index (χ3v) is 6.08. The number of nitrogens with one attached hydrogen (secondary N) is 1. The molecule has 30 heavy (non-hydrogen) atoms. The minimum Gasteiger partial charge on any atom is -0.481 e. The van der Waals surface area contributed by atoms with E-state index in [2.05, 4.69) is 20.2 Å². The van der Waals surface area contributed by atoms with Gasteiger partial charge in [0, 0.05) is 37.5 Å². The Hall–Kier alpha value is -2.68. The van der Waals surface area contributed by atoms with Gasteiger partial charge in [-0.2, -0.15) is 10.1 Å². The molecule has 3 atom stereocenters. The smallest absolute Gasteiger partial charge is 0.267 e. The Balaban J connectivity index is 1.52. The first-order valence-corrected chi connectivity index (χ1v) is 10.8. The highest BCUT2D eigenvalue weighted by Gasteiger charge is 2.28. The molecule has 162 valence electrons. The topological polar surface area (TPSA) is 105 Å². The molecule has 0 spiro atoms. The van der Waals surface area contributed by atoms with E-state index < -0.39 is 6.10 Å². The van der Waals surface area contributed by atoms with Gasteiger partial charge in [0.2, 0.25) is 11.8 Å². The van der Waals surface area contributed by atoms with Gasteiger partial charge in [0.15, 0.2) is 0 Å². The van der Waals surface area contributed by atoms with Crippen molar-refractivity contribution < 1.29 is 9.84 Å². The summed E-state index contributed by atoms with van der Waals surface area (Å²) < 4.78 is 6.67. The van der Waals surface area contributed by atoms with Crippen LogP contribution in [0.1, 0.15) is 51.0 Å². The fourth-order valence-corrected chi connectivity index (χ4v) is 4.45. The van der Waals surface area contributed by atoms with Crippen molar-refractivity contribution in [2.24, 2.45) is 0 Å². The predicted octanol–water partition coefficient (Wildman–Crippen LogP) is 1.99. The van der Waals surface area contributed by atoms with Crippen LogP contribution >= 0.6 is 0 Å². The first-order valence-electron chi connectivity index (χ1n) is 10.8. The zero-order valence-corrected chi connectivity index (χ0v) is 17.4. The molecule has 2 aromatic heterocycles. The molecule has 0 bridgehead atoms. The number of hydrogen-bond acceptors (Lipinski definition) is 8. The number of hydrogen-bond donors (Lipinski definition) is 2. The van der Waals surface area contributed by atoms with Gasteiger partial charge in [-0.1, -0.05) is 12.8 Å². The molecule has 2 fully saturated rings. The van der Waals surface area contributed by atoms with Crippen molar-refractivity contribution in [1.82, 2.24) is 19.7 Å². The maximum atomic E-state index is 12.5. The van der Waals surface area contributed by atoms with Crippen LogP contribution in [0.2, 0.25) is 0 Å². The zero-order chi connectivity index (χ0) is 20.9. The molecule has 9 nitrogen and oxygen atoms in total. The standard InChI is InChI=1S/C21H30N6O3/c1-30-19-11-12-22-21(24-19)23-14-15-6-4-5-13-26(15)18-9-10-20(29)27(25-18)16-7-2-3-8-17(16)28/h9-12,15-17,28H,2-8,13-14H2,1H3,(H,22,23,24). The molecular weight excluding hydrogens is 384 g/mol. The molecule has 1 aliphatic carbocycles. The van der Waals surface area contributed by atoms with Crippen LogP contribution in [0.15, 0.2) is 29.2 Å². The van der Waals surface area contributed by atoms with Crippen molar-refractivity contribution in [2.75, 3.05) is 30.4 Å². The van der Waals surface area contributed by atoms with Gasteiger partial charge < -0.3 is 20.1 Å². The van der Waals surface area contributed by atoms with Gasteiger partial charge in [0.1, 0.15) is 5.82 Å². The van der Waals surface area contributed by atoms with Gasteiger partial charge in [-0.15, -0.1) is 0 Å². The van der Waals surface area contributed by atoms with Crippen molar-refractivity contribution in [2.45, 2.75) is 63.1 Å². The number of piperidine rings is 1. The molecule has 9 heteroatoms. The van der Waals surface area contributed by atoms with Crippen LogP contribution in [-0.2, 0) is 0 Å². The maximum absolute atomic E-state index is 12.5. The molecule has 1 aliphatic heterocycles. The summed E-state index contributed by atoms with van der Waals surface area (Å²) in [5, 5.41) is 18.4. The van der Waals surface area contributed by atoms with E-state index in [9.17, 15) is 9.90 Å². The van der Waals surface area contributed by atoms with Crippen LogP contribution in [-0.4, -0.2) is 57.2 Å². The largest absolute Gasteiger partial charge is 0.481 e. The Labute approximate surface area is 176 Å². The average Bonchev–Trinajstić information content (AvgIpc) is 2.79. The van der Waals surface area contributed by atoms with Crippen LogP contribution in [0.5, 0.6) is 5.88 Å². The lowest BCUT2D eigenvalue weighted by Gasteiger charge is -2.37. The molecule has 1 saturated carbocycles. The molecule has 0 radical (unpaired) electrons. The van der Waals surface area contributed by atoms with E-state index in [1.165, 1.54) is 4.68 Å². The molecule has 3 unspecified atom stereocenters. The zero-order valence-electron chi connectivity index (χ0n) is 17.4.